The summed E-state index contributed by atoms with van der Waals surface area (Å²) in [5.41, 5.74) is 0.545. The fourth-order valence-electron chi connectivity index (χ4n) is 4.85. The van der Waals surface area contributed by atoms with Gasteiger partial charge in [0.05, 0.1) is 27.4 Å². The zero-order valence-corrected chi connectivity index (χ0v) is 22.3. The SMILES string of the molecule is Cc1nc2cc(OCCC(O)N3CCC(O)(c4cccnc4)CC3OC(=O)C(O)c3ccccc3)ccc2s1. The van der Waals surface area contributed by atoms with Crippen molar-refractivity contribution in [2.45, 2.75) is 50.3 Å². The highest BCUT2D eigenvalue weighted by atomic mass is 32.1. The number of aryl methyl sites for hydroxylation is 1. The molecule has 1 aliphatic heterocycles. The molecule has 0 aliphatic carbocycles. The number of aliphatic hydroxyl groups excluding tert-OH is 2. The maximum atomic E-state index is 12.9. The number of pyridine rings is 1. The van der Waals surface area contributed by atoms with Crippen molar-refractivity contribution >= 4 is 27.5 Å². The third-order valence-electron chi connectivity index (χ3n) is 6.95. The molecular formula is C29H31N3O6S. The number of likely N-dealkylation sites (tertiary alicyclic amines) is 1. The second kappa shape index (κ2) is 11.8. The minimum Gasteiger partial charge on any atom is -0.493 e. The van der Waals surface area contributed by atoms with Crippen molar-refractivity contribution in [3.63, 3.8) is 0 Å². The van der Waals surface area contributed by atoms with Gasteiger partial charge in [-0.05, 0) is 37.1 Å². The number of carbonyl (C=O) groups is 1. The molecule has 0 spiro atoms. The molecule has 4 unspecified atom stereocenters. The van der Waals surface area contributed by atoms with Crippen LogP contribution in [0, 0.1) is 6.92 Å². The number of benzene rings is 2. The molecule has 0 saturated carbocycles. The molecule has 1 aliphatic rings. The number of ether oxygens (including phenoxy) is 2. The standard InChI is InChI=1S/C29H31N3O6S/c1-19-31-23-16-22(9-10-24(23)39-19)37-15-11-25(33)32-14-12-29(36,21-8-5-13-30-18-21)17-26(32)38-28(35)27(34)20-6-3-2-4-7-20/h2-10,13,16,18,25-27,33-34,36H,11-12,14-15,17H2,1H3. The summed E-state index contributed by atoms with van der Waals surface area (Å²) in [5.74, 6) is -0.208. The Morgan fingerprint density at radius 2 is 2.00 bits per heavy atom. The maximum absolute atomic E-state index is 12.9. The lowest BCUT2D eigenvalue weighted by Gasteiger charge is -2.45. The van der Waals surface area contributed by atoms with Crippen LogP contribution in [0.15, 0.2) is 73.1 Å². The van der Waals surface area contributed by atoms with E-state index in [2.05, 4.69) is 9.97 Å². The van der Waals surface area contributed by atoms with E-state index in [9.17, 15) is 20.1 Å². The molecule has 1 saturated heterocycles. The van der Waals surface area contributed by atoms with Gasteiger partial charge in [-0.15, -0.1) is 11.3 Å². The number of aliphatic hydroxyl groups is 3. The van der Waals surface area contributed by atoms with Gasteiger partial charge in [-0.2, -0.15) is 0 Å². The van der Waals surface area contributed by atoms with Crippen LogP contribution in [0.4, 0.5) is 0 Å². The fraction of sp³-hybridized carbons (Fsp3) is 0.345. The van der Waals surface area contributed by atoms with Gasteiger partial charge in [0.1, 0.15) is 12.0 Å². The highest BCUT2D eigenvalue weighted by Crippen LogP contribution is 2.37. The van der Waals surface area contributed by atoms with Gasteiger partial charge in [0.15, 0.2) is 12.3 Å². The van der Waals surface area contributed by atoms with Gasteiger partial charge in [0.2, 0.25) is 0 Å². The monoisotopic (exact) mass is 549 g/mol. The van der Waals surface area contributed by atoms with Gasteiger partial charge in [-0.3, -0.25) is 4.98 Å². The minimum atomic E-state index is -1.49. The number of carbonyl (C=O) groups excluding carboxylic acids is 1. The largest absolute Gasteiger partial charge is 0.493 e. The Morgan fingerprint density at radius 1 is 1.18 bits per heavy atom. The van der Waals surface area contributed by atoms with Gasteiger partial charge in [-0.1, -0.05) is 36.4 Å². The van der Waals surface area contributed by atoms with E-state index in [0.29, 0.717) is 23.3 Å². The van der Waals surface area contributed by atoms with Crippen molar-refractivity contribution in [1.82, 2.24) is 14.9 Å². The molecule has 4 atom stereocenters. The minimum absolute atomic E-state index is 0.00367. The van der Waals surface area contributed by atoms with Gasteiger partial charge < -0.3 is 24.8 Å². The van der Waals surface area contributed by atoms with Crippen LogP contribution in [0.5, 0.6) is 5.75 Å². The molecule has 204 valence electrons. The summed E-state index contributed by atoms with van der Waals surface area (Å²) in [6, 6.07) is 17.7. The van der Waals surface area contributed by atoms with Crippen LogP contribution in [-0.4, -0.2) is 61.8 Å². The number of fused-ring (bicyclic) bond motifs is 1. The number of rotatable bonds is 9. The highest BCUT2D eigenvalue weighted by Gasteiger charge is 2.44. The van der Waals surface area contributed by atoms with Gasteiger partial charge in [-0.25, -0.2) is 14.7 Å². The summed E-state index contributed by atoms with van der Waals surface area (Å²) in [4.78, 5) is 23.2. The molecule has 3 N–H and O–H groups in total. The number of aromatic nitrogens is 2. The van der Waals surface area contributed by atoms with Gasteiger partial charge in [0.25, 0.3) is 0 Å². The predicted molar refractivity (Wildman–Crippen MR) is 146 cm³/mol. The summed E-state index contributed by atoms with van der Waals surface area (Å²) in [5, 5.41) is 34.1. The third kappa shape index (κ3) is 6.26. The zero-order valence-electron chi connectivity index (χ0n) is 21.5. The molecule has 10 heteroatoms. The number of thiazole rings is 1. The fourth-order valence-corrected chi connectivity index (χ4v) is 5.65. The summed E-state index contributed by atoms with van der Waals surface area (Å²) in [6.45, 7) is 2.42. The molecule has 4 aromatic rings. The predicted octanol–water partition coefficient (Wildman–Crippen LogP) is 3.67. The molecule has 5 rings (SSSR count). The van der Waals surface area contributed by atoms with E-state index in [0.717, 1.165) is 15.2 Å². The summed E-state index contributed by atoms with van der Waals surface area (Å²) < 4.78 is 12.7. The van der Waals surface area contributed by atoms with Crippen molar-refractivity contribution in [3.05, 3.63) is 89.2 Å². The smallest absolute Gasteiger partial charge is 0.341 e. The van der Waals surface area contributed by atoms with Crippen molar-refractivity contribution in [1.29, 1.82) is 0 Å². The summed E-state index contributed by atoms with van der Waals surface area (Å²) in [7, 11) is 0. The van der Waals surface area contributed by atoms with Crippen molar-refractivity contribution < 1.29 is 29.6 Å². The Balaban J connectivity index is 1.28. The highest BCUT2D eigenvalue weighted by molar-refractivity contribution is 7.18. The van der Waals surface area contributed by atoms with E-state index < -0.39 is 30.1 Å². The van der Waals surface area contributed by atoms with Gasteiger partial charge >= 0.3 is 5.97 Å². The van der Waals surface area contributed by atoms with Crippen LogP contribution in [0.2, 0.25) is 0 Å². The zero-order chi connectivity index (χ0) is 27.4. The van der Waals surface area contributed by atoms with Crippen LogP contribution < -0.4 is 4.74 Å². The van der Waals surface area contributed by atoms with E-state index >= 15 is 0 Å². The Kier molecular flexibility index (Phi) is 8.20. The maximum Gasteiger partial charge on any atom is 0.341 e. The second-order valence-corrected chi connectivity index (χ2v) is 10.9. The van der Waals surface area contributed by atoms with E-state index in [4.69, 9.17) is 9.47 Å². The first-order chi connectivity index (χ1) is 18.8. The Bertz CT molecular complexity index is 1400. The quantitative estimate of drug-likeness (QED) is 0.268. The lowest BCUT2D eigenvalue weighted by Crippen LogP contribution is -2.55. The molecule has 2 aromatic carbocycles. The molecule has 39 heavy (non-hydrogen) atoms. The Hall–Kier alpha value is -3.41. The Morgan fingerprint density at radius 3 is 2.77 bits per heavy atom. The first-order valence-corrected chi connectivity index (χ1v) is 13.6. The summed E-state index contributed by atoms with van der Waals surface area (Å²) >= 11 is 1.62. The van der Waals surface area contributed by atoms with Crippen LogP contribution in [0.3, 0.4) is 0 Å². The average Bonchev–Trinajstić information content (AvgIpc) is 3.33. The van der Waals surface area contributed by atoms with E-state index in [1.54, 1.807) is 71.1 Å². The van der Waals surface area contributed by atoms with Crippen LogP contribution in [0.1, 0.15) is 41.5 Å². The number of piperidine rings is 1. The number of hydrogen-bond donors (Lipinski definition) is 3. The first kappa shape index (κ1) is 27.2. The van der Waals surface area contributed by atoms with E-state index in [-0.39, 0.29) is 26.0 Å². The van der Waals surface area contributed by atoms with Crippen LogP contribution >= 0.6 is 11.3 Å². The summed E-state index contributed by atoms with van der Waals surface area (Å²) in [6.07, 6.45) is 0.237. The van der Waals surface area contributed by atoms with Crippen molar-refractivity contribution in [2.75, 3.05) is 13.2 Å². The van der Waals surface area contributed by atoms with Crippen molar-refractivity contribution in [2.24, 2.45) is 0 Å². The average molecular weight is 550 g/mol. The molecule has 0 bridgehead atoms. The molecule has 3 heterocycles. The van der Waals surface area contributed by atoms with E-state index in [1.807, 2.05) is 25.1 Å². The topological polar surface area (TPSA) is 125 Å². The van der Waals surface area contributed by atoms with E-state index in [1.165, 1.54) is 0 Å². The second-order valence-electron chi connectivity index (χ2n) is 9.65. The molecule has 2 aromatic heterocycles. The molecule has 9 nitrogen and oxygen atoms in total. The number of esters is 1. The van der Waals surface area contributed by atoms with Gasteiger partial charge in [0, 0.05) is 43.4 Å². The Labute approximate surface area is 230 Å². The molecule has 0 radical (unpaired) electrons. The van der Waals surface area contributed by atoms with Crippen LogP contribution in [-0.2, 0) is 15.1 Å². The molecule has 0 amide bonds. The molecule has 1 fully saturated rings. The lowest BCUT2D eigenvalue weighted by molar-refractivity contribution is -0.207. The van der Waals surface area contributed by atoms with Crippen LogP contribution in [0.25, 0.3) is 10.2 Å². The normalized spacial score (nSPS) is 21.4. The third-order valence-corrected chi connectivity index (χ3v) is 7.90. The lowest BCUT2D eigenvalue weighted by atomic mass is 9.84. The van der Waals surface area contributed by atoms with Crippen molar-refractivity contribution in [3.8, 4) is 5.75 Å². The molecular weight excluding hydrogens is 518 g/mol. The number of hydrogen-bond acceptors (Lipinski definition) is 10. The first-order valence-electron chi connectivity index (χ1n) is 12.8. The number of nitrogens with zero attached hydrogens (tertiary/aromatic N) is 3.